The van der Waals surface area contributed by atoms with Crippen molar-refractivity contribution in [1.29, 1.82) is 0 Å². The summed E-state index contributed by atoms with van der Waals surface area (Å²) in [5.74, 6) is -1.14. The van der Waals surface area contributed by atoms with Crippen molar-refractivity contribution in [2.24, 2.45) is 5.73 Å². The van der Waals surface area contributed by atoms with Crippen molar-refractivity contribution >= 4 is 29.0 Å². The van der Waals surface area contributed by atoms with E-state index in [-0.39, 0.29) is 17.2 Å². The van der Waals surface area contributed by atoms with Gasteiger partial charge in [-0.1, -0.05) is 11.6 Å². The van der Waals surface area contributed by atoms with E-state index in [0.29, 0.717) is 11.1 Å². The second-order valence-corrected chi connectivity index (χ2v) is 3.89. The molecule has 0 aliphatic carbocycles. The topological polar surface area (TPSA) is 86.7 Å². The lowest BCUT2D eigenvalue weighted by molar-refractivity contribution is 0.0526. The van der Waals surface area contributed by atoms with Gasteiger partial charge in [0.1, 0.15) is 0 Å². The van der Waals surface area contributed by atoms with Gasteiger partial charge in [0.15, 0.2) is 0 Å². The highest BCUT2D eigenvalue weighted by molar-refractivity contribution is 6.37. The van der Waals surface area contributed by atoms with Crippen molar-refractivity contribution in [2.45, 2.75) is 6.92 Å². The van der Waals surface area contributed by atoms with Gasteiger partial charge in [0.25, 0.3) is 5.91 Å². The maximum Gasteiger partial charge on any atom is 0.339 e. The van der Waals surface area contributed by atoms with Crippen LogP contribution < -0.4 is 5.73 Å². The molecule has 2 heterocycles. The summed E-state index contributed by atoms with van der Waals surface area (Å²) in [6.07, 6.45) is 2.73. The van der Waals surface area contributed by atoms with Crippen molar-refractivity contribution in [3.63, 3.8) is 0 Å². The molecule has 0 aliphatic heterocycles. The van der Waals surface area contributed by atoms with E-state index in [1.807, 2.05) is 0 Å². The van der Waals surface area contributed by atoms with Gasteiger partial charge in [-0.15, -0.1) is 0 Å². The monoisotopic (exact) mass is 267 g/mol. The van der Waals surface area contributed by atoms with E-state index in [1.165, 1.54) is 23.0 Å². The molecule has 6 nitrogen and oxygen atoms in total. The Morgan fingerprint density at radius 1 is 1.56 bits per heavy atom. The number of fused-ring (bicyclic) bond motifs is 1. The van der Waals surface area contributed by atoms with Crippen molar-refractivity contribution in [3.8, 4) is 0 Å². The molecule has 0 radical (unpaired) electrons. The fraction of sp³-hybridized carbons (Fsp3) is 0.182. The zero-order valence-electron chi connectivity index (χ0n) is 9.51. The zero-order chi connectivity index (χ0) is 13.3. The minimum atomic E-state index is -0.672. The van der Waals surface area contributed by atoms with E-state index in [2.05, 4.69) is 5.10 Å². The number of esters is 1. The third kappa shape index (κ3) is 2.02. The average Bonchev–Trinajstić information content (AvgIpc) is 2.74. The standard InChI is InChI=1S/C11H10ClN3O3/c1-2-18-11(17)6-3-8-9(12)7(10(13)16)4-14-15(8)5-6/h3-5H,2H2,1H3,(H2,13,16). The van der Waals surface area contributed by atoms with Crippen molar-refractivity contribution in [3.05, 3.63) is 34.6 Å². The number of amides is 1. The Balaban J connectivity index is 2.55. The van der Waals surface area contributed by atoms with Gasteiger partial charge in [0, 0.05) is 6.20 Å². The van der Waals surface area contributed by atoms with Crippen LogP contribution in [0.3, 0.4) is 0 Å². The van der Waals surface area contributed by atoms with E-state index < -0.39 is 11.9 Å². The van der Waals surface area contributed by atoms with Crippen LogP contribution in [0.25, 0.3) is 5.52 Å². The zero-order valence-corrected chi connectivity index (χ0v) is 10.3. The van der Waals surface area contributed by atoms with Crippen LogP contribution in [-0.2, 0) is 4.74 Å². The molecule has 0 saturated carbocycles. The molecule has 2 N–H and O–H groups in total. The number of ether oxygens (including phenoxy) is 1. The molecule has 18 heavy (non-hydrogen) atoms. The van der Waals surface area contributed by atoms with Crippen molar-refractivity contribution in [2.75, 3.05) is 6.61 Å². The largest absolute Gasteiger partial charge is 0.462 e. The highest BCUT2D eigenvalue weighted by atomic mass is 35.5. The van der Waals surface area contributed by atoms with Crippen LogP contribution in [0.5, 0.6) is 0 Å². The van der Waals surface area contributed by atoms with Crippen molar-refractivity contribution < 1.29 is 14.3 Å². The van der Waals surface area contributed by atoms with Gasteiger partial charge >= 0.3 is 5.97 Å². The van der Waals surface area contributed by atoms with E-state index in [0.717, 1.165) is 0 Å². The summed E-state index contributed by atoms with van der Waals surface area (Å²) in [5.41, 5.74) is 6.00. The smallest absolute Gasteiger partial charge is 0.339 e. The molecule has 2 rings (SSSR count). The van der Waals surface area contributed by atoms with Crippen LogP contribution in [0, 0.1) is 0 Å². The van der Waals surface area contributed by atoms with Gasteiger partial charge in [-0.3, -0.25) is 4.79 Å². The summed E-state index contributed by atoms with van der Waals surface area (Å²) in [5, 5.41) is 4.11. The predicted octanol–water partition coefficient (Wildman–Crippen LogP) is 1.26. The molecule has 0 bridgehead atoms. The van der Waals surface area contributed by atoms with Gasteiger partial charge in [-0.2, -0.15) is 5.10 Å². The molecule has 0 atom stereocenters. The van der Waals surface area contributed by atoms with Crippen LogP contribution in [0.2, 0.25) is 5.02 Å². The lowest BCUT2D eigenvalue weighted by atomic mass is 10.2. The second-order valence-electron chi connectivity index (χ2n) is 3.52. The molecule has 1 amide bonds. The lowest BCUT2D eigenvalue weighted by Gasteiger charge is -2.00. The van der Waals surface area contributed by atoms with Gasteiger partial charge in [-0.25, -0.2) is 9.31 Å². The lowest BCUT2D eigenvalue weighted by Crippen LogP contribution is -2.13. The normalized spacial score (nSPS) is 10.6. The first-order valence-electron chi connectivity index (χ1n) is 5.18. The van der Waals surface area contributed by atoms with E-state index in [1.54, 1.807) is 6.92 Å². The summed E-state index contributed by atoms with van der Waals surface area (Å²) < 4.78 is 6.25. The highest BCUT2D eigenvalue weighted by Crippen LogP contribution is 2.23. The first-order chi connectivity index (χ1) is 8.54. The molecule has 2 aromatic rings. The summed E-state index contributed by atoms with van der Waals surface area (Å²) in [6.45, 7) is 1.99. The molecule has 0 saturated heterocycles. The molecule has 0 fully saturated rings. The molecule has 7 heteroatoms. The van der Waals surface area contributed by atoms with Gasteiger partial charge in [-0.05, 0) is 13.0 Å². The maximum atomic E-state index is 11.5. The van der Waals surface area contributed by atoms with Crippen LogP contribution in [0.4, 0.5) is 0 Å². The minimum Gasteiger partial charge on any atom is -0.462 e. The van der Waals surface area contributed by atoms with Crippen LogP contribution >= 0.6 is 11.6 Å². The summed E-state index contributed by atoms with van der Waals surface area (Å²) in [4.78, 5) is 22.7. The Morgan fingerprint density at radius 3 is 2.89 bits per heavy atom. The Morgan fingerprint density at radius 2 is 2.28 bits per heavy atom. The average molecular weight is 268 g/mol. The van der Waals surface area contributed by atoms with Crippen molar-refractivity contribution in [1.82, 2.24) is 9.61 Å². The van der Waals surface area contributed by atoms with E-state index in [4.69, 9.17) is 22.1 Å². The quantitative estimate of drug-likeness (QED) is 0.848. The van der Waals surface area contributed by atoms with Gasteiger partial charge < -0.3 is 10.5 Å². The van der Waals surface area contributed by atoms with Gasteiger partial charge in [0.2, 0.25) is 0 Å². The number of primary amides is 1. The molecule has 0 unspecified atom stereocenters. The Bertz CT molecular complexity index is 636. The predicted molar refractivity (Wildman–Crippen MR) is 64.7 cm³/mol. The molecule has 0 aromatic carbocycles. The Hall–Kier alpha value is -2.08. The molecular weight excluding hydrogens is 258 g/mol. The molecule has 94 valence electrons. The van der Waals surface area contributed by atoms with E-state index >= 15 is 0 Å². The number of nitrogens with two attached hydrogens (primary N) is 1. The Labute approximate surface area is 107 Å². The SMILES string of the molecule is CCOC(=O)c1cc2c(Cl)c(C(N)=O)cnn2c1. The fourth-order valence-electron chi connectivity index (χ4n) is 1.52. The number of aromatic nitrogens is 2. The third-order valence-corrected chi connectivity index (χ3v) is 2.75. The number of hydrogen-bond acceptors (Lipinski definition) is 4. The third-order valence-electron chi connectivity index (χ3n) is 2.35. The number of halogens is 1. The summed E-state index contributed by atoms with van der Waals surface area (Å²) in [6, 6.07) is 1.50. The highest BCUT2D eigenvalue weighted by Gasteiger charge is 2.16. The first-order valence-corrected chi connectivity index (χ1v) is 5.56. The molecule has 0 aliphatic rings. The Kier molecular flexibility index (Phi) is 3.20. The second kappa shape index (κ2) is 4.66. The number of rotatable bonds is 3. The fourth-order valence-corrected chi connectivity index (χ4v) is 1.81. The first kappa shape index (κ1) is 12.4. The van der Waals surface area contributed by atoms with Crippen LogP contribution in [-0.4, -0.2) is 28.1 Å². The van der Waals surface area contributed by atoms with Crippen LogP contribution in [0.1, 0.15) is 27.6 Å². The summed E-state index contributed by atoms with van der Waals surface area (Å²) >= 11 is 6.02. The summed E-state index contributed by atoms with van der Waals surface area (Å²) in [7, 11) is 0. The van der Waals surface area contributed by atoms with Gasteiger partial charge in [0.05, 0.1) is 34.5 Å². The van der Waals surface area contributed by atoms with E-state index in [9.17, 15) is 9.59 Å². The minimum absolute atomic E-state index is 0.109. The maximum absolute atomic E-state index is 11.5. The molecular formula is C11H10ClN3O3. The number of carbonyl (C=O) groups is 2. The number of nitrogens with zero attached hydrogens (tertiary/aromatic N) is 2. The molecule has 0 spiro atoms. The van der Waals surface area contributed by atoms with Crippen LogP contribution in [0.15, 0.2) is 18.5 Å². The number of carbonyl (C=O) groups excluding carboxylic acids is 2. The molecule has 2 aromatic heterocycles. The number of hydrogen-bond donors (Lipinski definition) is 1.